The molecular formula is C8H8ClN3OS. The van der Waals surface area contributed by atoms with Gasteiger partial charge >= 0.3 is 5.69 Å². The average molecular weight is 230 g/mol. The van der Waals surface area contributed by atoms with E-state index in [2.05, 4.69) is 4.98 Å². The Labute approximate surface area is 89.4 Å². The molecule has 0 unspecified atom stereocenters. The summed E-state index contributed by atoms with van der Waals surface area (Å²) >= 11 is 7.07. The van der Waals surface area contributed by atoms with Crippen LogP contribution in [0.2, 0.25) is 4.47 Å². The third kappa shape index (κ3) is 1.73. The van der Waals surface area contributed by atoms with Gasteiger partial charge in [0.05, 0.1) is 6.54 Å². The third-order valence-electron chi connectivity index (χ3n) is 1.87. The van der Waals surface area contributed by atoms with Gasteiger partial charge in [0.2, 0.25) is 0 Å². The Hall–Kier alpha value is -1.07. The molecule has 0 saturated carbocycles. The van der Waals surface area contributed by atoms with Crippen molar-refractivity contribution in [3.05, 3.63) is 38.4 Å². The molecule has 0 bridgehead atoms. The van der Waals surface area contributed by atoms with Crippen LogP contribution in [0.3, 0.4) is 0 Å². The molecule has 0 spiro atoms. The van der Waals surface area contributed by atoms with Crippen LogP contribution in [0, 0.1) is 0 Å². The summed E-state index contributed by atoms with van der Waals surface area (Å²) in [6, 6.07) is 0. The monoisotopic (exact) mass is 229 g/mol. The van der Waals surface area contributed by atoms with Crippen LogP contribution in [0.1, 0.15) is 4.88 Å². The van der Waals surface area contributed by atoms with Gasteiger partial charge in [0.1, 0.15) is 0 Å². The van der Waals surface area contributed by atoms with Crippen molar-refractivity contribution in [1.29, 1.82) is 0 Å². The van der Waals surface area contributed by atoms with E-state index in [1.54, 1.807) is 30.2 Å². The molecule has 0 radical (unpaired) electrons. The second-order valence-corrected chi connectivity index (χ2v) is 4.60. The minimum absolute atomic E-state index is 0.0328. The van der Waals surface area contributed by atoms with E-state index in [1.807, 2.05) is 0 Å². The lowest BCUT2D eigenvalue weighted by atomic mass is 10.5. The summed E-state index contributed by atoms with van der Waals surface area (Å²) in [7, 11) is 1.72. The van der Waals surface area contributed by atoms with Crippen molar-refractivity contribution >= 4 is 22.9 Å². The molecule has 2 aromatic heterocycles. The van der Waals surface area contributed by atoms with Gasteiger partial charge in [-0.3, -0.25) is 4.57 Å². The van der Waals surface area contributed by atoms with Crippen molar-refractivity contribution in [2.24, 2.45) is 7.05 Å². The van der Waals surface area contributed by atoms with Crippen molar-refractivity contribution in [1.82, 2.24) is 14.1 Å². The Kier molecular flexibility index (Phi) is 2.43. The van der Waals surface area contributed by atoms with Crippen LogP contribution in [0.25, 0.3) is 0 Å². The maximum atomic E-state index is 11.5. The quantitative estimate of drug-likeness (QED) is 0.780. The second-order valence-electron chi connectivity index (χ2n) is 2.90. The molecule has 0 aliphatic carbocycles. The number of halogens is 1. The lowest BCUT2D eigenvalue weighted by molar-refractivity contribution is 0.723. The second kappa shape index (κ2) is 3.59. The highest BCUT2D eigenvalue weighted by Crippen LogP contribution is 2.17. The van der Waals surface area contributed by atoms with Crippen LogP contribution in [-0.2, 0) is 13.6 Å². The standard InChI is InChI=1S/C8H8ClN3OS/c1-11-2-3-12(8(11)13)5-6-4-10-7(9)14-6/h2-4H,5H2,1H3. The fourth-order valence-corrected chi connectivity index (χ4v) is 2.13. The van der Waals surface area contributed by atoms with E-state index in [-0.39, 0.29) is 5.69 Å². The number of imidazole rings is 1. The molecule has 2 aromatic rings. The summed E-state index contributed by atoms with van der Waals surface area (Å²) in [4.78, 5) is 16.3. The number of aryl methyl sites for hydroxylation is 1. The number of rotatable bonds is 2. The predicted molar refractivity (Wildman–Crippen MR) is 55.9 cm³/mol. The summed E-state index contributed by atoms with van der Waals surface area (Å²) in [6.45, 7) is 0.532. The summed E-state index contributed by atoms with van der Waals surface area (Å²) in [5.74, 6) is 0. The zero-order valence-electron chi connectivity index (χ0n) is 7.48. The van der Waals surface area contributed by atoms with Crippen LogP contribution in [0.5, 0.6) is 0 Å². The Balaban J connectivity index is 2.27. The Morgan fingerprint density at radius 1 is 1.57 bits per heavy atom. The topological polar surface area (TPSA) is 39.8 Å². The van der Waals surface area contributed by atoms with Crippen molar-refractivity contribution < 1.29 is 0 Å². The van der Waals surface area contributed by atoms with Gasteiger partial charge in [-0.25, -0.2) is 9.78 Å². The summed E-state index contributed by atoms with van der Waals surface area (Å²) in [5.41, 5.74) is -0.0328. The van der Waals surface area contributed by atoms with Gasteiger partial charge in [0, 0.05) is 30.5 Å². The number of thiazole rings is 1. The fraction of sp³-hybridized carbons (Fsp3) is 0.250. The van der Waals surface area contributed by atoms with Crippen molar-refractivity contribution in [3.8, 4) is 0 Å². The maximum absolute atomic E-state index is 11.5. The van der Waals surface area contributed by atoms with Crippen LogP contribution in [0.4, 0.5) is 0 Å². The van der Waals surface area contributed by atoms with Gasteiger partial charge < -0.3 is 4.57 Å². The number of nitrogens with zero attached hydrogens (tertiary/aromatic N) is 3. The molecule has 4 nitrogen and oxygen atoms in total. The van der Waals surface area contributed by atoms with Crippen molar-refractivity contribution in [2.75, 3.05) is 0 Å². The lowest BCUT2D eigenvalue weighted by Crippen LogP contribution is -2.21. The first-order valence-corrected chi connectivity index (χ1v) is 5.18. The molecule has 0 aliphatic heterocycles. The van der Waals surface area contributed by atoms with Gasteiger partial charge in [-0.2, -0.15) is 0 Å². The highest BCUT2D eigenvalue weighted by Gasteiger charge is 2.03. The van der Waals surface area contributed by atoms with Crippen molar-refractivity contribution in [2.45, 2.75) is 6.54 Å². The number of aromatic nitrogens is 3. The average Bonchev–Trinajstić information content (AvgIpc) is 2.67. The largest absolute Gasteiger partial charge is 0.328 e. The zero-order chi connectivity index (χ0) is 10.1. The maximum Gasteiger partial charge on any atom is 0.328 e. The first-order chi connectivity index (χ1) is 6.66. The molecule has 2 heterocycles. The van der Waals surface area contributed by atoms with E-state index >= 15 is 0 Å². The minimum atomic E-state index is -0.0328. The van der Waals surface area contributed by atoms with Crippen LogP contribution in [0.15, 0.2) is 23.4 Å². The fourth-order valence-electron chi connectivity index (χ4n) is 1.16. The zero-order valence-corrected chi connectivity index (χ0v) is 9.05. The van der Waals surface area contributed by atoms with E-state index in [9.17, 15) is 4.79 Å². The van der Waals surface area contributed by atoms with Crippen LogP contribution >= 0.6 is 22.9 Å². The van der Waals surface area contributed by atoms with E-state index in [4.69, 9.17) is 11.6 Å². The number of hydrogen-bond acceptors (Lipinski definition) is 3. The molecule has 0 saturated heterocycles. The Morgan fingerprint density at radius 3 is 2.86 bits per heavy atom. The Morgan fingerprint density at radius 2 is 2.36 bits per heavy atom. The Bertz CT molecular complexity index is 499. The van der Waals surface area contributed by atoms with Gasteiger partial charge in [0.15, 0.2) is 4.47 Å². The molecule has 74 valence electrons. The SMILES string of the molecule is Cn1ccn(Cc2cnc(Cl)s2)c1=O. The highest BCUT2D eigenvalue weighted by molar-refractivity contribution is 7.15. The smallest absolute Gasteiger partial charge is 0.302 e. The lowest BCUT2D eigenvalue weighted by Gasteiger charge is -1.95. The molecule has 0 atom stereocenters. The first kappa shape index (κ1) is 9.48. The van der Waals surface area contributed by atoms with Crippen LogP contribution < -0.4 is 5.69 Å². The summed E-state index contributed by atoms with van der Waals surface area (Å²) in [6.07, 6.45) is 5.16. The minimum Gasteiger partial charge on any atom is -0.302 e. The molecular weight excluding hydrogens is 222 g/mol. The molecule has 0 aromatic carbocycles. The third-order valence-corrected chi connectivity index (χ3v) is 2.97. The van der Waals surface area contributed by atoms with Gasteiger partial charge in [-0.1, -0.05) is 11.6 Å². The number of hydrogen-bond donors (Lipinski definition) is 0. The molecule has 2 rings (SSSR count). The highest BCUT2D eigenvalue weighted by atomic mass is 35.5. The van der Waals surface area contributed by atoms with E-state index in [0.717, 1.165) is 4.88 Å². The van der Waals surface area contributed by atoms with Gasteiger partial charge in [-0.15, -0.1) is 11.3 Å². The molecule has 14 heavy (non-hydrogen) atoms. The molecule has 0 N–H and O–H groups in total. The molecule has 0 aliphatic rings. The molecule has 6 heteroatoms. The van der Waals surface area contributed by atoms with E-state index < -0.39 is 0 Å². The first-order valence-electron chi connectivity index (χ1n) is 3.99. The van der Waals surface area contributed by atoms with E-state index in [0.29, 0.717) is 11.0 Å². The van der Waals surface area contributed by atoms with Crippen LogP contribution in [-0.4, -0.2) is 14.1 Å². The predicted octanol–water partition coefficient (Wildman–Crippen LogP) is 1.34. The van der Waals surface area contributed by atoms with E-state index in [1.165, 1.54) is 15.9 Å². The van der Waals surface area contributed by atoms with Gasteiger partial charge in [-0.05, 0) is 0 Å². The van der Waals surface area contributed by atoms with Gasteiger partial charge in [0.25, 0.3) is 0 Å². The molecule has 0 fully saturated rings. The normalized spacial score (nSPS) is 10.7. The summed E-state index contributed by atoms with van der Waals surface area (Å²) in [5, 5.41) is 0. The van der Waals surface area contributed by atoms with Crippen molar-refractivity contribution in [3.63, 3.8) is 0 Å². The summed E-state index contributed by atoms with van der Waals surface area (Å²) < 4.78 is 3.65. The molecule has 0 amide bonds.